The van der Waals surface area contributed by atoms with Crippen molar-refractivity contribution in [3.63, 3.8) is 0 Å². The van der Waals surface area contributed by atoms with E-state index in [1.807, 2.05) is 6.08 Å². The summed E-state index contributed by atoms with van der Waals surface area (Å²) in [5, 5.41) is 3.52. The summed E-state index contributed by atoms with van der Waals surface area (Å²) in [6.07, 6.45) is 9.29. The van der Waals surface area contributed by atoms with Crippen LogP contribution in [0.2, 0.25) is 0 Å². The van der Waals surface area contributed by atoms with Gasteiger partial charge in [-0.1, -0.05) is 67.0 Å². The second-order valence-electron chi connectivity index (χ2n) is 8.34. The molecule has 2 unspecified atom stereocenters. The minimum atomic E-state index is 0.380. The summed E-state index contributed by atoms with van der Waals surface area (Å²) in [5.41, 5.74) is 2.42. The Morgan fingerprint density at radius 3 is 2.24 bits per heavy atom. The number of allylic oxidation sites excluding steroid dienone is 2. The summed E-state index contributed by atoms with van der Waals surface area (Å²) < 4.78 is 0. The van der Waals surface area contributed by atoms with Gasteiger partial charge in [-0.25, -0.2) is 0 Å². The van der Waals surface area contributed by atoms with Crippen molar-refractivity contribution in [2.45, 2.75) is 87.1 Å². The van der Waals surface area contributed by atoms with Crippen molar-refractivity contribution >= 4 is 0 Å². The van der Waals surface area contributed by atoms with Crippen molar-refractivity contribution in [2.24, 2.45) is 16.7 Å². The van der Waals surface area contributed by atoms with Crippen LogP contribution in [0.4, 0.5) is 0 Å². The van der Waals surface area contributed by atoms with Crippen molar-refractivity contribution in [3.8, 4) is 0 Å². The van der Waals surface area contributed by atoms with Gasteiger partial charge in [0.25, 0.3) is 0 Å². The molecule has 124 valence electrons. The molecule has 0 saturated carbocycles. The SMILES string of the molecule is C=CC(C)NC1=CCCC(C)(C(C)C)C1.CCC(C)(C)C. The fourth-order valence-corrected chi connectivity index (χ4v) is 2.13. The van der Waals surface area contributed by atoms with Crippen LogP contribution in [0.5, 0.6) is 0 Å². The number of hydrogen-bond donors (Lipinski definition) is 1. The highest BCUT2D eigenvalue weighted by molar-refractivity contribution is 5.10. The van der Waals surface area contributed by atoms with Gasteiger partial charge in [-0.05, 0) is 42.9 Å². The first-order valence-electron chi connectivity index (χ1n) is 8.62. The smallest absolute Gasteiger partial charge is 0.0410 e. The summed E-state index contributed by atoms with van der Waals surface area (Å²) in [4.78, 5) is 0. The van der Waals surface area contributed by atoms with Gasteiger partial charge in [0.1, 0.15) is 0 Å². The van der Waals surface area contributed by atoms with E-state index in [0.29, 0.717) is 16.9 Å². The molecule has 1 nitrogen and oxygen atoms in total. The average molecular weight is 294 g/mol. The average Bonchev–Trinajstić information content (AvgIpc) is 2.38. The predicted molar refractivity (Wildman–Crippen MR) is 97.4 cm³/mol. The van der Waals surface area contributed by atoms with E-state index < -0.39 is 0 Å². The van der Waals surface area contributed by atoms with E-state index >= 15 is 0 Å². The maximum absolute atomic E-state index is 3.81. The molecule has 1 rings (SSSR count). The van der Waals surface area contributed by atoms with Crippen LogP contribution in [-0.4, -0.2) is 6.04 Å². The first kappa shape index (κ1) is 20.3. The van der Waals surface area contributed by atoms with E-state index in [9.17, 15) is 0 Å². The van der Waals surface area contributed by atoms with Crippen LogP contribution in [0.1, 0.15) is 81.1 Å². The van der Waals surface area contributed by atoms with Gasteiger partial charge in [0, 0.05) is 11.7 Å². The van der Waals surface area contributed by atoms with Crippen molar-refractivity contribution in [3.05, 3.63) is 24.4 Å². The van der Waals surface area contributed by atoms with E-state index in [0.717, 1.165) is 5.92 Å². The third-order valence-corrected chi connectivity index (χ3v) is 4.92. The molecular formula is C20H39N. The molecule has 1 N–H and O–H groups in total. The summed E-state index contributed by atoms with van der Waals surface area (Å²) in [6.45, 7) is 22.0. The number of nitrogens with one attached hydrogen (secondary N) is 1. The molecule has 1 aliphatic carbocycles. The molecule has 0 radical (unpaired) electrons. The van der Waals surface area contributed by atoms with E-state index in [4.69, 9.17) is 0 Å². The van der Waals surface area contributed by atoms with E-state index in [2.05, 4.69) is 73.4 Å². The Hall–Kier alpha value is -0.720. The van der Waals surface area contributed by atoms with Gasteiger partial charge in [0.15, 0.2) is 0 Å². The molecule has 0 bridgehead atoms. The summed E-state index contributed by atoms with van der Waals surface area (Å²) in [6, 6.07) is 0.380. The molecule has 0 heterocycles. The zero-order valence-corrected chi connectivity index (χ0v) is 15.8. The molecule has 0 fully saturated rings. The van der Waals surface area contributed by atoms with Gasteiger partial charge in [0.05, 0.1) is 0 Å². The zero-order chi connectivity index (χ0) is 16.7. The van der Waals surface area contributed by atoms with Gasteiger partial charge < -0.3 is 5.32 Å². The normalized spacial score (nSPS) is 23.8. The molecule has 0 aromatic rings. The van der Waals surface area contributed by atoms with Gasteiger partial charge >= 0.3 is 0 Å². The largest absolute Gasteiger partial charge is 0.383 e. The number of hydrogen-bond acceptors (Lipinski definition) is 1. The quantitative estimate of drug-likeness (QED) is 0.598. The maximum atomic E-state index is 3.81. The molecule has 0 amide bonds. The lowest BCUT2D eigenvalue weighted by molar-refractivity contribution is 0.185. The summed E-state index contributed by atoms with van der Waals surface area (Å²) in [7, 11) is 0. The molecule has 1 aliphatic rings. The Balaban J connectivity index is 0.000000567. The lowest BCUT2D eigenvalue weighted by atomic mass is 9.70. The lowest BCUT2D eigenvalue weighted by Crippen LogP contribution is -2.33. The highest BCUT2D eigenvalue weighted by atomic mass is 14.9. The Bertz CT molecular complexity index is 332. The van der Waals surface area contributed by atoms with Gasteiger partial charge in [0.2, 0.25) is 0 Å². The van der Waals surface area contributed by atoms with Gasteiger partial charge in [-0.3, -0.25) is 0 Å². The Morgan fingerprint density at radius 2 is 1.86 bits per heavy atom. The van der Waals surface area contributed by atoms with Crippen molar-refractivity contribution in [1.82, 2.24) is 5.32 Å². The Labute approximate surface area is 134 Å². The Morgan fingerprint density at radius 1 is 1.33 bits per heavy atom. The highest BCUT2D eigenvalue weighted by Crippen LogP contribution is 2.41. The van der Waals surface area contributed by atoms with Crippen LogP contribution >= 0.6 is 0 Å². The van der Waals surface area contributed by atoms with Gasteiger partial charge in [-0.2, -0.15) is 0 Å². The monoisotopic (exact) mass is 293 g/mol. The van der Waals surface area contributed by atoms with Crippen molar-refractivity contribution < 1.29 is 0 Å². The van der Waals surface area contributed by atoms with E-state index in [-0.39, 0.29) is 0 Å². The molecule has 0 aromatic carbocycles. The molecule has 2 atom stereocenters. The predicted octanol–water partition coefficient (Wildman–Crippen LogP) is 6.32. The minimum absolute atomic E-state index is 0.380. The van der Waals surface area contributed by atoms with E-state index in [1.165, 1.54) is 31.4 Å². The maximum Gasteiger partial charge on any atom is 0.0410 e. The second-order valence-corrected chi connectivity index (χ2v) is 8.34. The molecule has 0 saturated heterocycles. The second kappa shape index (κ2) is 8.66. The summed E-state index contributed by atoms with van der Waals surface area (Å²) >= 11 is 0. The van der Waals surface area contributed by atoms with Gasteiger partial charge in [-0.15, -0.1) is 6.58 Å². The third kappa shape index (κ3) is 8.34. The molecule has 0 aliphatic heterocycles. The summed E-state index contributed by atoms with van der Waals surface area (Å²) in [5.74, 6) is 0.752. The molecule has 1 heteroatoms. The van der Waals surface area contributed by atoms with Crippen LogP contribution in [0.25, 0.3) is 0 Å². The highest BCUT2D eigenvalue weighted by Gasteiger charge is 2.31. The van der Waals surface area contributed by atoms with Crippen molar-refractivity contribution in [2.75, 3.05) is 0 Å². The van der Waals surface area contributed by atoms with Crippen LogP contribution in [0.3, 0.4) is 0 Å². The standard InChI is InChI=1S/C14H25N.C6H14/c1-6-12(4)15-13-8-7-9-14(5,10-13)11(2)3;1-5-6(2,3)4/h6,8,11-12,15H,1,7,9-10H2,2-5H3;5H2,1-4H3. The van der Waals surface area contributed by atoms with Crippen LogP contribution < -0.4 is 5.32 Å². The fraction of sp³-hybridized carbons (Fsp3) is 0.800. The van der Waals surface area contributed by atoms with Crippen LogP contribution in [0.15, 0.2) is 24.4 Å². The van der Waals surface area contributed by atoms with Crippen molar-refractivity contribution in [1.29, 1.82) is 0 Å². The molecule has 21 heavy (non-hydrogen) atoms. The fourth-order valence-electron chi connectivity index (χ4n) is 2.13. The van der Waals surface area contributed by atoms with Crippen LogP contribution in [-0.2, 0) is 0 Å². The minimum Gasteiger partial charge on any atom is -0.383 e. The zero-order valence-electron chi connectivity index (χ0n) is 15.8. The lowest BCUT2D eigenvalue weighted by Gasteiger charge is -2.38. The molecule has 0 spiro atoms. The topological polar surface area (TPSA) is 12.0 Å². The third-order valence-electron chi connectivity index (χ3n) is 4.92. The molecule has 0 aromatic heterocycles. The first-order chi connectivity index (χ1) is 9.54. The van der Waals surface area contributed by atoms with Crippen LogP contribution in [0, 0.1) is 16.7 Å². The first-order valence-corrected chi connectivity index (χ1v) is 8.62. The molecular weight excluding hydrogens is 254 g/mol. The number of rotatable bonds is 4. The van der Waals surface area contributed by atoms with E-state index in [1.54, 1.807) is 0 Å². The Kier molecular flexibility index (Phi) is 8.36.